The van der Waals surface area contributed by atoms with Gasteiger partial charge in [-0.3, -0.25) is 9.59 Å². The first-order valence-electron chi connectivity index (χ1n) is 9.51. The molecule has 0 aromatic heterocycles. The molecule has 1 saturated heterocycles. The summed E-state index contributed by atoms with van der Waals surface area (Å²) in [5, 5.41) is 23.2. The van der Waals surface area contributed by atoms with Crippen LogP contribution in [-0.2, 0) is 20.9 Å². The highest BCUT2D eigenvalue weighted by molar-refractivity contribution is 6.10. The largest absolute Gasteiger partial charge is 0.467 e. The van der Waals surface area contributed by atoms with Crippen molar-refractivity contribution in [2.45, 2.75) is 31.9 Å². The van der Waals surface area contributed by atoms with E-state index >= 15 is 0 Å². The predicted octanol–water partition coefficient (Wildman–Crippen LogP) is 1.04. The molecule has 0 aliphatic carbocycles. The third kappa shape index (κ3) is 4.88. The average molecular weight is 416 g/mol. The second-order valence-corrected chi connectivity index (χ2v) is 6.60. The molecule has 0 spiro atoms. The van der Waals surface area contributed by atoms with Crippen molar-refractivity contribution < 1.29 is 34.0 Å². The van der Waals surface area contributed by atoms with E-state index in [-0.39, 0.29) is 25.4 Å². The Morgan fingerprint density at radius 1 is 0.933 bits per heavy atom. The molecule has 1 aliphatic rings. The molecule has 0 atom stereocenters. The minimum Gasteiger partial charge on any atom is -0.467 e. The number of amides is 2. The molecule has 9 nitrogen and oxygen atoms in total. The van der Waals surface area contributed by atoms with E-state index < -0.39 is 23.8 Å². The zero-order chi connectivity index (χ0) is 21.6. The molecule has 30 heavy (non-hydrogen) atoms. The molecule has 0 unspecified atom stereocenters. The minimum absolute atomic E-state index is 0.0271. The van der Waals surface area contributed by atoms with Gasteiger partial charge in [-0.15, -0.1) is 0 Å². The molecular weight excluding hydrogens is 392 g/mol. The van der Waals surface area contributed by atoms with Gasteiger partial charge in [-0.2, -0.15) is 0 Å². The topological polar surface area (TPSA) is 126 Å². The SMILES string of the molecule is CCOCCC1(Oc2ccc(Oc3ccc(CO)cc3)cc2)C(=O)NC(O)NC1=O. The van der Waals surface area contributed by atoms with Crippen LogP contribution in [0.1, 0.15) is 18.9 Å². The van der Waals surface area contributed by atoms with Gasteiger partial charge >= 0.3 is 0 Å². The van der Waals surface area contributed by atoms with E-state index in [2.05, 4.69) is 10.6 Å². The van der Waals surface area contributed by atoms with Gasteiger partial charge < -0.3 is 35.1 Å². The van der Waals surface area contributed by atoms with Gasteiger partial charge in [0.15, 0.2) is 0 Å². The van der Waals surface area contributed by atoms with Gasteiger partial charge in [0.05, 0.1) is 13.2 Å². The van der Waals surface area contributed by atoms with Crippen LogP contribution in [0.3, 0.4) is 0 Å². The lowest BCUT2D eigenvalue weighted by Gasteiger charge is -2.37. The number of hydrogen-bond donors (Lipinski definition) is 4. The first-order valence-corrected chi connectivity index (χ1v) is 9.51. The van der Waals surface area contributed by atoms with E-state index in [9.17, 15) is 14.7 Å². The summed E-state index contributed by atoms with van der Waals surface area (Å²) < 4.78 is 16.8. The molecule has 2 amide bonds. The molecule has 0 saturated carbocycles. The molecule has 4 N–H and O–H groups in total. The van der Waals surface area contributed by atoms with Crippen LogP contribution in [0.15, 0.2) is 48.5 Å². The third-order valence-electron chi connectivity index (χ3n) is 4.53. The molecule has 2 aromatic rings. The first-order chi connectivity index (χ1) is 14.5. The summed E-state index contributed by atoms with van der Waals surface area (Å²) in [5.41, 5.74) is -1.09. The van der Waals surface area contributed by atoms with E-state index in [1.807, 2.05) is 0 Å². The monoisotopic (exact) mass is 416 g/mol. The van der Waals surface area contributed by atoms with E-state index in [4.69, 9.17) is 19.3 Å². The summed E-state index contributed by atoms with van der Waals surface area (Å²) in [4.78, 5) is 25.1. The maximum Gasteiger partial charge on any atom is 0.277 e. The maximum atomic E-state index is 12.5. The lowest BCUT2D eigenvalue weighted by Crippen LogP contribution is -2.71. The molecule has 9 heteroatoms. The van der Waals surface area contributed by atoms with Crippen LogP contribution in [0.4, 0.5) is 0 Å². The van der Waals surface area contributed by atoms with Crippen LogP contribution in [0, 0.1) is 0 Å². The van der Waals surface area contributed by atoms with Crippen molar-refractivity contribution in [2.75, 3.05) is 13.2 Å². The smallest absolute Gasteiger partial charge is 0.277 e. The molecule has 3 rings (SSSR count). The summed E-state index contributed by atoms with van der Waals surface area (Å²) in [5.74, 6) is -0.105. The zero-order valence-electron chi connectivity index (χ0n) is 16.5. The summed E-state index contributed by atoms with van der Waals surface area (Å²) >= 11 is 0. The van der Waals surface area contributed by atoms with Crippen LogP contribution in [0.2, 0.25) is 0 Å². The summed E-state index contributed by atoms with van der Waals surface area (Å²) in [6.07, 6.45) is -1.50. The Balaban J connectivity index is 1.74. The normalized spacial score (nSPS) is 21.0. The van der Waals surface area contributed by atoms with Gasteiger partial charge in [0.2, 0.25) is 6.35 Å². The molecule has 1 fully saturated rings. The third-order valence-corrected chi connectivity index (χ3v) is 4.53. The fourth-order valence-corrected chi connectivity index (χ4v) is 2.93. The quantitative estimate of drug-likeness (QED) is 0.355. The van der Waals surface area contributed by atoms with Gasteiger partial charge in [-0.05, 0) is 48.9 Å². The van der Waals surface area contributed by atoms with Crippen LogP contribution >= 0.6 is 0 Å². The standard InChI is InChI=1S/C21H24N2O7/c1-2-28-12-11-21(18(25)22-20(27)23-19(21)26)30-17-9-7-16(8-10-17)29-15-5-3-14(13-24)4-6-15/h3-10,20,24,27H,2,11-13H2,1H3,(H,22,25)(H,23,26). The van der Waals surface area contributed by atoms with Gasteiger partial charge in [0, 0.05) is 13.0 Å². The highest BCUT2D eigenvalue weighted by atomic mass is 16.5. The van der Waals surface area contributed by atoms with Crippen molar-refractivity contribution in [1.82, 2.24) is 10.6 Å². The second-order valence-electron chi connectivity index (χ2n) is 6.60. The Morgan fingerprint density at radius 3 is 2.00 bits per heavy atom. The predicted molar refractivity (Wildman–Crippen MR) is 106 cm³/mol. The van der Waals surface area contributed by atoms with Crippen LogP contribution in [0.25, 0.3) is 0 Å². The number of ether oxygens (including phenoxy) is 3. The highest BCUT2D eigenvalue weighted by Gasteiger charge is 2.52. The van der Waals surface area contributed by atoms with Crippen LogP contribution in [-0.4, -0.2) is 47.2 Å². The number of carbonyl (C=O) groups is 2. The number of carbonyl (C=O) groups excluding carboxylic acids is 2. The Hall–Kier alpha value is -3.14. The molecular formula is C21H24N2O7. The van der Waals surface area contributed by atoms with Gasteiger partial charge in [0.1, 0.15) is 17.2 Å². The Morgan fingerprint density at radius 2 is 1.47 bits per heavy atom. The lowest BCUT2D eigenvalue weighted by molar-refractivity contribution is -0.163. The Bertz CT molecular complexity index is 850. The number of hydrogen-bond acceptors (Lipinski definition) is 7. The minimum atomic E-state index is -1.86. The summed E-state index contributed by atoms with van der Waals surface area (Å²) in [7, 11) is 0. The average Bonchev–Trinajstić information content (AvgIpc) is 2.74. The van der Waals surface area contributed by atoms with Gasteiger partial charge in [-0.25, -0.2) is 0 Å². The second kappa shape index (κ2) is 9.57. The summed E-state index contributed by atoms with van der Waals surface area (Å²) in [6.45, 7) is 2.30. The Labute approximate surface area is 173 Å². The van der Waals surface area contributed by atoms with Crippen molar-refractivity contribution in [1.29, 1.82) is 0 Å². The zero-order valence-corrected chi connectivity index (χ0v) is 16.5. The molecule has 0 radical (unpaired) electrons. The number of nitrogens with one attached hydrogen (secondary N) is 2. The molecule has 0 bridgehead atoms. The van der Waals surface area contributed by atoms with Crippen LogP contribution in [0.5, 0.6) is 17.2 Å². The number of rotatable bonds is 9. The molecule has 2 aromatic carbocycles. The molecule has 1 heterocycles. The number of aliphatic hydroxyl groups is 2. The summed E-state index contributed by atoms with van der Waals surface area (Å²) in [6, 6.07) is 13.4. The number of benzene rings is 2. The van der Waals surface area contributed by atoms with E-state index in [0.29, 0.717) is 18.1 Å². The van der Waals surface area contributed by atoms with Crippen molar-refractivity contribution in [3.63, 3.8) is 0 Å². The van der Waals surface area contributed by atoms with E-state index in [0.717, 1.165) is 5.56 Å². The fraction of sp³-hybridized carbons (Fsp3) is 0.333. The van der Waals surface area contributed by atoms with E-state index in [1.54, 1.807) is 55.5 Å². The maximum absolute atomic E-state index is 12.5. The molecule has 160 valence electrons. The Kier molecular flexibility index (Phi) is 6.88. The van der Waals surface area contributed by atoms with Gasteiger partial charge in [-0.1, -0.05) is 12.1 Å². The lowest BCUT2D eigenvalue weighted by atomic mass is 9.95. The van der Waals surface area contributed by atoms with Crippen molar-refractivity contribution in [3.05, 3.63) is 54.1 Å². The molecule has 1 aliphatic heterocycles. The van der Waals surface area contributed by atoms with Gasteiger partial charge in [0.25, 0.3) is 17.4 Å². The van der Waals surface area contributed by atoms with Crippen LogP contribution < -0.4 is 20.1 Å². The van der Waals surface area contributed by atoms with Crippen molar-refractivity contribution >= 4 is 11.8 Å². The van der Waals surface area contributed by atoms with Crippen molar-refractivity contribution in [3.8, 4) is 17.2 Å². The fourth-order valence-electron chi connectivity index (χ4n) is 2.93. The van der Waals surface area contributed by atoms with Crippen molar-refractivity contribution in [2.24, 2.45) is 0 Å². The first kappa shape index (κ1) is 21.6. The van der Waals surface area contributed by atoms with E-state index in [1.165, 1.54) is 0 Å². The highest BCUT2D eigenvalue weighted by Crippen LogP contribution is 2.28. The number of aliphatic hydroxyl groups excluding tert-OH is 2.